The first-order chi connectivity index (χ1) is 17.2. The number of ketones is 1. The van der Waals surface area contributed by atoms with Crippen LogP contribution in [0.5, 0.6) is 0 Å². The maximum atomic E-state index is 12.9. The van der Waals surface area contributed by atoms with Crippen LogP contribution in [0, 0.1) is 11.8 Å². The molecule has 1 aromatic carbocycles. The van der Waals surface area contributed by atoms with Gasteiger partial charge in [-0.25, -0.2) is 4.98 Å². The minimum atomic E-state index is -5.01. The van der Waals surface area contributed by atoms with Gasteiger partial charge in [0.1, 0.15) is 12.0 Å². The van der Waals surface area contributed by atoms with Gasteiger partial charge in [0.05, 0.1) is 18.8 Å². The lowest BCUT2D eigenvalue weighted by Gasteiger charge is -2.09. The number of ether oxygens (including phenoxy) is 1. The van der Waals surface area contributed by atoms with Gasteiger partial charge in [-0.2, -0.15) is 13.2 Å². The monoisotopic (exact) mass is 502 g/mol. The number of halogens is 3. The van der Waals surface area contributed by atoms with Crippen LogP contribution in [0.1, 0.15) is 42.5 Å². The van der Waals surface area contributed by atoms with Gasteiger partial charge in [-0.3, -0.25) is 14.4 Å². The second-order valence-corrected chi connectivity index (χ2v) is 8.70. The Morgan fingerprint density at radius 2 is 1.92 bits per heavy atom. The van der Waals surface area contributed by atoms with Crippen molar-refractivity contribution in [1.82, 2.24) is 20.6 Å². The summed E-state index contributed by atoms with van der Waals surface area (Å²) in [7, 11) is 3.44. The van der Waals surface area contributed by atoms with E-state index in [4.69, 9.17) is 4.74 Å². The van der Waals surface area contributed by atoms with Crippen molar-refractivity contribution in [2.45, 2.75) is 18.6 Å². The lowest BCUT2D eigenvalue weighted by molar-refractivity contribution is -0.0884. The quantitative estimate of drug-likeness (QED) is 0.353. The molecule has 2 unspecified atom stereocenters. The minimum absolute atomic E-state index is 0.00920. The molecule has 3 heterocycles. The molecule has 0 bridgehead atoms. The van der Waals surface area contributed by atoms with E-state index in [0.29, 0.717) is 23.1 Å². The van der Waals surface area contributed by atoms with Crippen molar-refractivity contribution in [2.75, 3.05) is 27.3 Å². The van der Waals surface area contributed by atoms with Crippen molar-refractivity contribution in [3.8, 4) is 0 Å². The molecular formula is C25H25F3N4O4. The number of H-pyrrole nitrogens is 1. The zero-order valence-electron chi connectivity index (χ0n) is 19.6. The molecule has 1 aliphatic heterocycles. The maximum Gasteiger partial charge on any atom is 0.454 e. The molecular weight excluding hydrogens is 477 g/mol. The summed E-state index contributed by atoms with van der Waals surface area (Å²) in [6, 6.07) is 8.29. The highest BCUT2D eigenvalue weighted by atomic mass is 19.4. The second kappa shape index (κ2) is 10.2. The van der Waals surface area contributed by atoms with Gasteiger partial charge in [0, 0.05) is 59.7 Å². The molecule has 1 saturated heterocycles. The number of aromatic amines is 1. The maximum absolute atomic E-state index is 12.9. The molecule has 0 radical (unpaired) electrons. The number of pyridine rings is 1. The molecule has 36 heavy (non-hydrogen) atoms. The Balaban J connectivity index is 0.000000318. The van der Waals surface area contributed by atoms with E-state index in [1.165, 1.54) is 19.2 Å². The molecule has 2 aromatic heterocycles. The number of carbonyl (C=O) groups is 3. The predicted octanol–water partition coefficient (Wildman–Crippen LogP) is 2.92. The summed E-state index contributed by atoms with van der Waals surface area (Å²) < 4.78 is 44.0. The van der Waals surface area contributed by atoms with Gasteiger partial charge < -0.3 is 20.4 Å². The third-order valence-corrected chi connectivity index (χ3v) is 6.45. The fourth-order valence-corrected chi connectivity index (χ4v) is 4.62. The summed E-state index contributed by atoms with van der Waals surface area (Å²) in [4.78, 5) is 41.6. The van der Waals surface area contributed by atoms with Crippen LogP contribution < -0.4 is 10.6 Å². The average Bonchev–Trinajstić information content (AvgIpc) is 3.18. The minimum Gasteiger partial charge on any atom is -0.381 e. The lowest BCUT2D eigenvalue weighted by atomic mass is 9.99. The molecule has 3 aromatic rings. The molecule has 1 saturated carbocycles. The first-order valence-electron chi connectivity index (χ1n) is 11.3. The van der Waals surface area contributed by atoms with Crippen LogP contribution in [0.2, 0.25) is 0 Å². The summed E-state index contributed by atoms with van der Waals surface area (Å²) >= 11 is 0. The summed E-state index contributed by atoms with van der Waals surface area (Å²) in [5, 5.41) is 5.79. The highest BCUT2D eigenvalue weighted by molar-refractivity contribution is 6.11. The van der Waals surface area contributed by atoms with E-state index >= 15 is 0 Å². The van der Waals surface area contributed by atoms with Gasteiger partial charge in [0.15, 0.2) is 0 Å². The first-order valence-corrected chi connectivity index (χ1v) is 11.3. The number of benzene rings is 1. The van der Waals surface area contributed by atoms with Crippen LogP contribution in [0.15, 0.2) is 36.5 Å². The van der Waals surface area contributed by atoms with Crippen molar-refractivity contribution in [3.05, 3.63) is 64.6 Å². The Morgan fingerprint density at radius 1 is 1.19 bits per heavy atom. The molecule has 2 atom stereocenters. The van der Waals surface area contributed by atoms with Crippen molar-refractivity contribution in [3.63, 3.8) is 0 Å². The molecule has 1 amide bonds. The number of amides is 1. The number of nitrogens with one attached hydrogen (secondary N) is 3. The largest absolute Gasteiger partial charge is 0.454 e. The number of rotatable bonds is 6. The normalized spacial score (nSPS) is 20.3. The molecule has 11 heteroatoms. The van der Waals surface area contributed by atoms with E-state index in [1.54, 1.807) is 18.2 Å². The van der Waals surface area contributed by atoms with E-state index in [1.807, 2.05) is 7.05 Å². The fraction of sp³-hybridized carbons (Fsp3) is 0.360. The van der Waals surface area contributed by atoms with Crippen molar-refractivity contribution in [1.29, 1.82) is 0 Å². The lowest BCUT2D eigenvalue weighted by Crippen LogP contribution is -2.22. The van der Waals surface area contributed by atoms with E-state index < -0.39 is 23.4 Å². The SMILES string of the molecule is CNC(=O)c1cc(C=O)cc(Cc2cccc3[nH]cc(C(=O)C(F)(F)F)c23)n1.CNC1C2COCC21. The highest BCUT2D eigenvalue weighted by Crippen LogP contribution is 2.43. The Bertz CT molecular complexity index is 1290. The van der Waals surface area contributed by atoms with E-state index in [-0.39, 0.29) is 23.1 Å². The molecule has 1 aliphatic carbocycles. The molecule has 3 N–H and O–H groups in total. The number of hydrogen-bond acceptors (Lipinski definition) is 6. The van der Waals surface area contributed by atoms with Crippen molar-refractivity contribution >= 4 is 28.9 Å². The van der Waals surface area contributed by atoms with Crippen LogP contribution in [-0.4, -0.2) is 67.5 Å². The highest BCUT2D eigenvalue weighted by Gasteiger charge is 2.52. The molecule has 190 valence electrons. The van der Waals surface area contributed by atoms with Crippen LogP contribution in [-0.2, 0) is 11.2 Å². The number of hydrogen-bond donors (Lipinski definition) is 3. The van der Waals surface area contributed by atoms with Gasteiger partial charge in [-0.1, -0.05) is 12.1 Å². The number of Topliss-reactive ketones (excluding diaryl/α,β-unsaturated/α-hetero) is 1. The molecule has 8 nitrogen and oxygen atoms in total. The zero-order chi connectivity index (χ0) is 26.0. The van der Waals surface area contributed by atoms with E-state index in [0.717, 1.165) is 37.3 Å². The topological polar surface area (TPSA) is 113 Å². The third kappa shape index (κ3) is 5.17. The third-order valence-electron chi connectivity index (χ3n) is 6.45. The fourth-order valence-electron chi connectivity index (χ4n) is 4.62. The standard InChI is InChI=1S/C19H14F3N3O3.C6H11NO/c1-23-18(28)15-6-10(9-26)5-12(25-15)7-11-3-2-4-14-16(11)13(8-24-14)17(27)19(20,21)22;1-7-6-4-2-8-3-5(4)6/h2-6,8-9,24H,7H2,1H3,(H,23,28);4-7H,2-3H2,1H3. The van der Waals surface area contributed by atoms with Gasteiger partial charge in [-0.15, -0.1) is 0 Å². The van der Waals surface area contributed by atoms with Crippen molar-refractivity contribution in [2.24, 2.45) is 11.8 Å². The van der Waals surface area contributed by atoms with E-state index in [2.05, 4.69) is 20.6 Å². The van der Waals surface area contributed by atoms with Gasteiger partial charge in [-0.05, 0) is 30.8 Å². The van der Waals surface area contributed by atoms with Crippen LogP contribution in [0.3, 0.4) is 0 Å². The van der Waals surface area contributed by atoms with Crippen LogP contribution in [0.25, 0.3) is 10.9 Å². The average molecular weight is 502 g/mol. The smallest absolute Gasteiger partial charge is 0.381 e. The number of fused-ring (bicyclic) bond motifs is 2. The van der Waals surface area contributed by atoms with Gasteiger partial charge in [0.25, 0.3) is 11.7 Å². The zero-order valence-corrected chi connectivity index (χ0v) is 19.6. The number of carbonyl (C=O) groups excluding carboxylic acids is 3. The Hall–Kier alpha value is -3.57. The van der Waals surface area contributed by atoms with Crippen LogP contribution >= 0.6 is 0 Å². The number of aldehydes is 1. The summed E-state index contributed by atoms with van der Waals surface area (Å²) in [6.45, 7) is 1.99. The van der Waals surface area contributed by atoms with Crippen LogP contribution in [0.4, 0.5) is 13.2 Å². The number of alkyl halides is 3. The molecule has 5 rings (SSSR count). The predicted molar refractivity (Wildman–Crippen MR) is 125 cm³/mol. The Kier molecular flexibility index (Phi) is 7.23. The summed E-state index contributed by atoms with van der Waals surface area (Å²) in [5.74, 6) is -0.732. The Morgan fingerprint density at radius 3 is 2.50 bits per heavy atom. The number of nitrogens with zero attached hydrogens (tertiary/aromatic N) is 1. The van der Waals surface area contributed by atoms with Gasteiger partial charge >= 0.3 is 6.18 Å². The van der Waals surface area contributed by atoms with E-state index in [9.17, 15) is 27.6 Å². The molecule has 0 spiro atoms. The van der Waals surface area contributed by atoms with Crippen molar-refractivity contribution < 1.29 is 32.3 Å². The second-order valence-electron chi connectivity index (χ2n) is 8.70. The Labute approximate surface area is 204 Å². The summed E-state index contributed by atoms with van der Waals surface area (Å²) in [6.07, 6.45) is -3.41. The summed E-state index contributed by atoms with van der Waals surface area (Å²) in [5.41, 5.74) is 0.803. The number of aromatic nitrogens is 2. The molecule has 2 aliphatic rings. The molecule has 2 fully saturated rings. The van der Waals surface area contributed by atoms with Gasteiger partial charge in [0.2, 0.25) is 0 Å². The first kappa shape index (κ1) is 25.5.